The Morgan fingerprint density at radius 2 is 1.87 bits per heavy atom. The van der Waals surface area contributed by atoms with Gasteiger partial charge in [0, 0.05) is 19.5 Å². The highest BCUT2D eigenvalue weighted by Crippen LogP contribution is 2.21. The fourth-order valence-electron chi connectivity index (χ4n) is 2.26. The van der Waals surface area contributed by atoms with E-state index in [1.54, 1.807) is 6.07 Å². The van der Waals surface area contributed by atoms with E-state index < -0.39 is 10.0 Å². The van der Waals surface area contributed by atoms with E-state index in [1.807, 2.05) is 26.0 Å². The molecular weight excluding hydrogens is 312 g/mol. The van der Waals surface area contributed by atoms with Crippen LogP contribution in [0.4, 0.5) is 5.69 Å². The lowest BCUT2D eigenvalue weighted by Gasteiger charge is -2.23. The molecule has 1 aromatic carbocycles. The van der Waals surface area contributed by atoms with Gasteiger partial charge < -0.3 is 5.32 Å². The molecule has 1 N–H and O–H groups in total. The summed E-state index contributed by atoms with van der Waals surface area (Å²) in [6, 6.07) is 5.52. The summed E-state index contributed by atoms with van der Waals surface area (Å²) in [5.41, 5.74) is 2.74. The van der Waals surface area contributed by atoms with Gasteiger partial charge in [-0.15, -0.1) is 0 Å². The third-order valence-corrected chi connectivity index (χ3v) is 5.02. The highest BCUT2D eigenvalue weighted by Gasteiger charge is 2.18. The standard InChI is InChI=1S/C17H28N2O3S/c1-5-6-7-11-18-17(20)10-12-19(23(4,21)22)16-9-8-14(2)15(3)13-16/h8-9,13H,5-7,10-12H2,1-4H3,(H,18,20). The van der Waals surface area contributed by atoms with Gasteiger partial charge in [-0.3, -0.25) is 9.10 Å². The minimum atomic E-state index is -3.42. The lowest BCUT2D eigenvalue weighted by molar-refractivity contribution is -0.120. The molecule has 1 rings (SSSR count). The summed E-state index contributed by atoms with van der Waals surface area (Å²) in [5, 5.41) is 2.84. The molecule has 1 amide bonds. The Labute approximate surface area is 140 Å². The molecule has 5 nitrogen and oxygen atoms in total. The predicted molar refractivity (Wildman–Crippen MR) is 95.3 cm³/mol. The second kappa shape index (κ2) is 8.91. The van der Waals surface area contributed by atoms with E-state index in [9.17, 15) is 13.2 Å². The van der Waals surface area contributed by atoms with E-state index in [-0.39, 0.29) is 18.9 Å². The van der Waals surface area contributed by atoms with Crippen LogP contribution in [0.15, 0.2) is 18.2 Å². The van der Waals surface area contributed by atoms with Crippen LogP contribution < -0.4 is 9.62 Å². The molecule has 0 spiro atoms. The topological polar surface area (TPSA) is 66.5 Å². The highest BCUT2D eigenvalue weighted by atomic mass is 32.2. The van der Waals surface area contributed by atoms with E-state index in [2.05, 4.69) is 12.2 Å². The zero-order valence-corrected chi connectivity index (χ0v) is 15.4. The lowest BCUT2D eigenvalue weighted by atomic mass is 10.1. The summed E-state index contributed by atoms with van der Waals surface area (Å²) in [7, 11) is -3.42. The number of hydrogen-bond donors (Lipinski definition) is 1. The number of benzene rings is 1. The average molecular weight is 340 g/mol. The van der Waals surface area contributed by atoms with E-state index in [1.165, 1.54) is 10.6 Å². The number of carbonyl (C=O) groups is 1. The van der Waals surface area contributed by atoms with E-state index >= 15 is 0 Å². The smallest absolute Gasteiger partial charge is 0.232 e. The third kappa shape index (κ3) is 6.60. The normalized spacial score (nSPS) is 11.3. The maximum atomic E-state index is 12.0. The van der Waals surface area contributed by atoms with Crippen molar-refractivity contribution in [3.63, 3.8) is 0 Å². The number of carbonyl (C=O) groups excluding carboxylic acids is 1. The van der Waals surface area contributed by atoms with E-state index in [0.717, 1.165) is 30.4 Å². The van der Waals surface area contributed by atoms with E-state index in [0.29, 0.717) is 12.2 Å². The van der Waals surface area contributed by atoms with Crippen molar-refractivity contribution in [3.8, 4) is 0 Å². The summed E-state index contributed by atoms with van der Waals surface area (Å²) < 4.78 is 25.4. The van der Waals surface area contributed by atoms with Crippen LogP contribution in [0, 0.1) is 13.8 Å². The number of anilines is 1. The second-order valence-electron chi connectivity index (χ2n) is 5.91. The van der Waals surface area contributed by atoms with Crippen molar-refractivity contribution in [2.24, 2.45) is 0 Å². The van der Waals surface area contributed by atoms with Crippen molar-refractivity contribution >= 4 is 21.6 Å². The Morgan fingerprint density at radius 1 is 1.17 bits per heavy atom. The summed E-state index contributed by atoms with van der Waals surface area (Å²) in [6.07, 6.45) is 4.46. The first-order chi connectivity index (χ1) is 10.8. The minimum Gasteiger partial charge on any atom is -0.356 e. The Hall–Kier alpha value is -1.56. The van der Waals surface area contributed by atoms with Crippen LogP contribution in [0.5, 0.6) is 0 Å². The number of unbranched alkanes of at least 4 members (excludes halogenated alkanes) is 2. The molecule has 0 saturated carbocycles. The molecule has 1 aromatic rings. The van der Waals surface area contributed by atoms with Gasteiger partial charge in [-0.2, -0.15) is 0 Å². The molecule has 0 saturated heterocycles. The van der Waals surface area contributed by atoms with Crippen LogP contribution in [0.2, 0.25) is 0 Å². The van der Waals surface area contributed by atoms with Gasteiger partial charge in [0.25, 0.3) is 0 Å². The quantitative estimate of drug-likeness (QED) is 0.703. The maximum Gasteiger partial charge on any atom is 0.232 e. The molecule has 0 atom stereocenters. The molecule has 130 valence electrons. The van der Waals surface area contributed by atoms with Crippen LogP contribution in [0.3, 0.4) is 0 Å². The molecule has 0 fully saturated rings. The summed E-state index contributed by atoms with van der Waals surface area (Å²) in [5.74, 6) is -0.112. The molecule has 23 heavy (non-hydrogen) atoms. The fourth-order valence-corrected chi connectivity index (χ4v) is 3.18. The number of amides is 1. The Kier molecular flexibility index (Phi) is 7.55. The first kappa shape index (κ1) is 19.5. The SMILES string of the molecule is CCCCCNC(=O)CCN(c1ccc(C)c(C)c1)S(C)(=O)=O. The lowest BCUT2D eigenvalue weighted by Crippen LogP contribution is -2.35. The van der Waals surface area contributed by atoms with Gasteiger partial charge in [-0.05, 0) is 43.5 Å². The van der Waals surface area contributed by atoms with Crippen LogP contribution in [-0.4, -0.2) is 33.7 Å². The largest absolute Gasteiger partial charge is 0.356 e. The Bertz CT molecular complexity index is 627. The summed E-state index contributed by atoms with van der Waals surface area (Å²) >= 11 is 0. The van der Waals surface area contributed by atoms with Crippen LogP contribution in [0.25, 0.3) is 0 Å². The molecule has 0 radical (unpaired) electrons. The summed E-state index contributed by atoms with van der Waals surface area (Å²) in [6.45, 7) is 6.83. The Balaban J connectivity index is 2.70. The van der Waals surface area contributed by atoms with Gasteiger partial charge in [0.05, 0.1) is 11.9 Å². The highest BCUT2D eigenvalue weighted by molar-refractivity contribution is 7.92. The maximum absolute atomic E-state index is 12.0. The molecule has 0 bridgehead atoms. The number of hydrogen-bond acceptors (Lipinski definition) is 3. The van der Waals surface area contributed by atoms with E-state index in [4.69, 9.17) is 0 Å². The average Bonchev–Trinajstić information content (AvgIpc) is 2.46. The van der Waals surface area contributed by atoms with Crippen molar-refractivity contribution in [2.45, 2.75) is 46.5 Å². The fraction of sp³-hybridized carbons (Fsp3) is 0.588. The monoisotopic (exact) mass is 340 g/mol. The zero-order chi connectivity index (χ0) is 17.5. The van der Waals surface area contributed by atoms with Crippen molar-refractivity contribution in [1.29, 1.82) is 0 Å². The first-order valence-electron chi connectivity index (χ1n) is 8.07. The third-order valence-electron chi connectivity index (χ3n) is 3.82. The van der Waals surface area contributed by atoms with Gasteiger partial charge in [-0.25, -0.2) is 8.42 Å². The predicted octanol–water partition coefficient (Wildman–Crippen LogP) is 2.77. The van der Waals surface area contributed by atoms with Gasteiger partial charge in [0.2, 0.25) is 15.9 Å². The van der Waals surface area contributed by atoms with Crippen molar-refractivity contribution in [1.82, 2.24) is 5.32 Å². The summed E-state index contributed by atoms with van der Waals surface area (Å²) in [4.78, 5) is 11.9. The molecule has 0 aliphatic carbocycles. The first-order valence-corrected chi connectivity index (χ1v) is 9.92. The Morgan fingerprint density at radius 3 is 2.43 bits per heavy atom. The number of nitrogens with zero attached hydrogens (tertiary/aromatic N) is 1. The second-order valence-corrected chi connectivity index (χ2v) is 7.82. The molecule has 0 aromatic heterocycles. The zero-order valence-electron chi connectivity index (χ0n) is 14.6. The number of nitrogens with one attached hydrogen (secondary N) is 1. The van der Waals surface area contributed by atoms with Gasteiger partial charge in [0.1, 0.15) is 0 Å². The number of sulfonamides is 1. The van der Waals surface area contributed by atoms with Crippen LogP contribution in [-0.2, 0) is 14.8 Å². The van der Waals surface area contributed by atoms with Crippen LogP contribution >= 0.6 is 0 Å². The van der Waals surface area contributed by atoms with Gasteiger partial charge in [0.15, 0.2) is 0 Å². The molecule has 0 unspecified atom stereocenters. The minimum absolute atomic E-state index is 0.112. The molecule has 0 aliphatic rings. The van der Waals surface area contributed by atoms with Crippen molar-refractivity contribution in [3.05, 3.63) is 29.3 Å². The molecule has 6 heteroatoms. The van der Waals surface area contributed by atoms with Gasteiger partial charge in [-0.1, -0.05) is 25.8 Å². The molecular formula is C17H28N2O3S. The van der Waals surface area contributed by atoms with Gasteiger partial charge >= 0.3 is 0 Å². The van der Waals surface area contributed by atoms with Crippen molar-refractivity contribution < 1.29 is 13.2 Å². The molecule has 0 heterocycles. The van der Waals surface area contributed by atoms with Crippen LogP contribution in [0.1, 0.15) is 43.7 Å². The molecule has 0 aliphatic heterocycles. The number of aryl methyl sites for hydroxylation is 2. The van der Waals surface area contributed by atoms with Crippen molar-refractivity contribution in [2.75, 3.05) is 23.7 Å². The number of rotatable bonds is 9.